The van der Waals surface area contributed by atoms with E-state index < -0.39 is 11.6 Å². The molecule has 0 saturated carbocycles. The van der Waals surface area contributed by atoms with Gasteiger partial charge in [0.05, 0.1) is 42.4 Å². The van der Waals surface area contributed by atoms with Crippen molar-refractivity contribution in [3.63, 3.8) is 0 Å². The van der Waals surface area contributed by atoms with Crippen LogP contribution in [0.25, 0.3) is 16.9 Å². The Hall–Kier alpha value is -2.83. The van der Waals surface area contributed by atoms with Crippen molar-refractivity contribution in [2.24, 2.45) is 5.92 Å². The van der Waals surface area contributed by atoms with Gasteiger partial charge in [-0.05, 0) is 50.1 Å². The van der Waals surface area contributed by atoms with Gasteiger partial charge >= 0.3 is 5.97 Å². The highest BCUT2D eigenvalue weighted by Gasteiger charge is 2.30. The highest BCUT2D eigenvalue weighted by Crippen LogP contribution is 2.30. The van der Waals surface area contributed by atoms with Crippen molar-refractivity contribution in [1.29, 1.82) is 0 Å². The molecule has 0 amide bonds. The number of nitrogens with zero attached hydrogens (tertiary/aromatic N) is 2. The summed E-state index contributed by atoms with van der Waals surface area (Å²) in [5.74, 6) is 0.764. The fourth-order valence-corrected chi connectivity index (χ4v) is 3.30. The molecule has 0 atom stereocenters. The second-order valence-corrected chi connectivity index (χ2v) is 8.81. The van der Waals surface area contributed by atoms with Gasteiger partial charge in [-0.25, -0.2) is 9.48 Å². The van der Waals surface area contributed by atoms with E-state index in [1.54, 1.807) is 18.5 Å². The number of ether oxygens (including phenoxy) is 3. The maximum Gasteiger partial charge on any atom is 0.337 e. The van der Waals surface area contributed by atoms with E-state index in [1.165, 1.54) is 7.11 Å². The van der Waals surface area contributed by atoms with Crippen LogP contribution in [0.15, 0.2) is 54.6 Å². The number of para-hydroxylation sites is 1. The topological polar surface area (TPSA) is 62.6 Å². The van der Waals surface area contributed by atoms with E-state index in [0.717, 1.165) is 22.7 Å². The predicted octanol–water partition coefficient (Wildman–Crippen LogP) is 5.70. The molecule has 1 aromatic heterocycles. The number of benzene rings is 2. The second kappa shape index (κ2) is 10.2. The average molecular weight is 457 g/mol. The quantitative estimate of drug-likeness (QED) is 0.387. The number of halogens is 1. The summed E-state index contributed by atoms with van der Waals surface area (Å²) in [4.78, 5) is 12.0. The predicted molar refractivity (Wildman–Crippen MR) is 125 cm³/mol. The average Bonchev–Trinajstić information content (AvgIpc) is 3.20. The summed E-state index contributed by atoms with van der Waals surface area (Å²) >= 11 is 6.48. The molecular formula is C25H29ClN2O4. The molecule has 0 aliphatic heterocycles. The minimum Gasteiger partial charge on any atom is -0.493 e. The first-order valence-corrected chi connectivity index (χ1v) is 10.9. The molecular weight excluding hydrogens is 428 g/mol. The molecule has 1 heterocycles. The van der Waals surface area contributed by atoms with Gasteiger partial charge in [0.1, 0.15) is 5.75 Å². The smallest absolute Gasteiger partial charge is 0.337 e. The molecule has 3 aromatic rings. The fraction of sp³-hybridized carbons (Fsp3) is 0.360. The number of hydrogen-bond acceptors (Lipinski definition) is 5. The molecule has 0 radical (unpaired) electrons. The largest absolute Gasteiger partial charge is 0.493 e. The number of aromatic nitrogens is 2. The summed E-state index contributed by atoms with van der Waals surface area (Å²) < 4.78 is 18.3. The van der Waals surface area contributed by atoms with Crippen molar-refractivity contribution >= 4 is 17.6 Å². The SMILES string of the molecule is COC(=O)C(C)(C)OCc1cc(-c2cccc(OCC(C)C)c2)n(-c2ccccc2Cl)n1. The number of rotatable bonds is 9. The van der Waals surface area contributed by atoms with Gasteiger partial charge in [0, 0.05) is 5.56 Å². The maximum atomic E-state index is 12.0. The van der Waals surface area contributed by atoms with E-state index in [2.05, 4.69) is 13.8 Å². The van der Waals surface area contributed by atoms with Crippen LogP contribution >= 0.6 is 11.6 Å². The van der Waals surface area contributed by atoms with Crippen LogP contribution in [-0.2, 0) is 20.9 Å². The lowest BCUT2D eigenvalue weighted by Crippen LogP contribution is -2.35. The van der Waals surface area contributed by atoms with Crippen LogP contribution in [0.4, 0.5) is 0 Å². The first-order chi connectivity index (χ1) is 15.2. The van der Waals surface area contributed by atoms with Crippen molar-refractivity contribution in [3.05, 3.63) is 65.3 Å². The minimum atomic E-state index is -1.09. The molecule has 2 aromatic carbocycles. The van der Waals surface area contributed by atoms with E-state index in [9.17, 15) is 4.79 Å². The Morgan fingerprint density at radius 2 is 1.88 bits per heavy atom. The molecule has 0 fully saturated rings. The Bertz CT molecular complexity index is 1080. The minimum absolute atomic E-state index is 0.135. The Kier molecular flexibility index (Phi) is 7.59. The van der Waals surface area contributed by atoms with Crippen molar-refractivity contribution in [1.82, 2.24) is 9.78 Å². The molecule has 0 aliphatic carbocycles. The molecule has 0 aliphatic rings. The molecule has 0 saturated heterocycles. The second-order valence-electron chi connectivity index (χ2n) is 8.41. The van der Waals surface area contributed by atoms with Crippen LogP contribution in [0.5, 0.6) is 5.75 Å². The Balaban J connectivity index is 1.98. The molecule has 6 nitrogen and oxygen atoms in total. The van der Waals surface area contributed by atoms with Gasteiger partial charge in [0.25, 0.3) is 0 Å². The summed E-state index contributed by atoms with van der Waals surface area (Å²) in [6, 6.07) is 17.3. The summed E-state index contributed by atoms with van der Waals surface area (Å²) in [6.45, 7) is 8.32. The van der Waals surface area contributed by atoms with Gasteiger partial charge < -0.3 is 14.2 Å². The third kappa shape index (κ3) is 5.69. The number of hydrogen-bond donors (Lipinski definition) is 0. The third-order valence-electron chi connectivity index (χ3n) is 4.81. The maximum absolute atomic E-state index is 12.0. The van der Waals surface area contributed by atoms with Crippen molar-refractivity contribution < 1.29 is 19.0 Å². The summed E-state index contributed by atoms with van der Waals surface area (Å²) in [7, 11) is 1.34. The van der Waals surface area contributed by atoms with Crippen LogP contribution < -0.4 is 4.74 Å². The summed E-state index contributed by atoms with van der Waals surface area (Å²) in [6.07, 6.45) is 0. The van der Waals surface area contributed by atoms with Crippen LogP contribution in [0.1, 0.15) is 33.4 Å². The molecule has 3 rings (SSSR count). The highest BCUT2D eigenvalue weighted by molar-refractivity contribution is 6.32. The molecule has 32 heavy (non-hydrogen) atoms. The van der Waals surface area contributed by atoms with E-state index >= 15 is 0 Å². The highest BCUT2D eigenvalue weighted by atomic mass is 35.5. The van der Waals surface area contributed by atoms with Gasteiger partial charge in [-0.15, -0.1) is 0 Å². The lowest BCUT2D eigenvalue weighted by molar-refractivity contribution is -0.166. The Morgan fingerprint density at radius 1 is 1.12 bits per heavy atom. The van der Waals surface area contributed by atoms with Gasteiger partial charge in [-0.2, -0.15) is 5.10 Å². The third-order valence-corrected chi connectivity index (χ3v) is 5.13. The number of carbonyl (C=O) groups excluding carboxylic acids is 1. The normalized spacial score (nSPS) is 11.6. The van der Waals surface area contributed by atoms with Crippen LogP contribution in [0.2, 0.25) is 5.02 Å². The van der Waals surface area contributed by atoms with E-state index in [-0.39, 0.29) is 6.61 Å². The van der Waals surface area contributed by atoms with Gasteiger partial charge in [0.15, 0.2) is 5.60 Å². The van der Waals surface area contributed by atoms with Crippen LogP contribution in [0, 0.1) is 5.92 Å². The van der Waals surface area contributed by atoms with E-state index in [4.69, 9.17) is 30.9 Å². The molecule has 0 N–H and O–H groups in total. The van der Waals surface area contributed by atoms with Gasteiger partial charge in [0.2, 0.25) is 0 Å². The number of methoxy groups -OCH3 is 1. The fourth-order valence-electron chi connectivity index (χ4n) is 3.08. The zero-order valence-corrected chi connectivity index (χ0v) is 19.8. The molecule has 0 unspecified atom stereocenters. The van der Waals surface area contributed by atoms with E-state index in [1.807, 2.05) is 54.6 Å². The number of carbonyl (C=O) groups is 1. The molecule has 0 spiro atoms. The first-order valence-electron chi connectivity index (χ1n) is 10.5. The molecule has 170 valence electrons. The Morgan fingerprint density at radius 3 is 2.56 bits per heavy atom. The van der Waals surface area contributed by atoms with Crippen LogP contribution in [-0.4, -0.2) is 35.1 Å². The zero-order chi connectivity index (χ0) is 23.3. The molecule has 7 heteroatoms. The summed E-state index contributed by atoms with van der Waals surface area (Å²) in [5, 5.41) is 5.30. The Labute approximate surface area is 194 Å². The lowest BCUT2D eigenvalue weighted by atomic mass is 10.1. The van der Waals surface area contributed by atoms with Crippen molar-refractivity contribution in [2.45, 2.75) is 39.9 Å². The van der Waals surface area contributed by atoms with Crippen molar-refractivity contribution in [3.8, 4) is 22.7 Å². The lowest BCUT2D eigenvalue weighted by Gasteiger charge is -2.21. The molecule has 0 bridgehead atoms. The zero-order valence-electron chi connectivity index (χ0n) is 19.1. The van der Waals surface area contributed by atoms with Gasteiger partial charge in [-0.3, -0.25) is 0 Å². The first kappa shape index (κ1) is 23.8. The van der Waals surface area contributed by atoms with Crippen LogP contribution in [0.3, 0.4) is 0 Å². The monoisotopic (exact) mass is 456 g/mol. The van der Waals surface area contributed by atoms with Gasteiger partial charge in [-0.1, -0.05) is 49.7 Å². The summed E-state index contributed by atoms with van der Waals surface area (Å²) in [5.41, 5.74) is 2.08. The standard InChI is InChI=1S/C25H29ClN2O4/c1-17(2)15-31-20-10-8-9-18(13-20)23-14-19(16-32-25(3,4)24(29)30-5)27-28(23)22-12-7-6-11-21(22)26/h6-14,17H,15-16H2,1-5H3. The number of esters is 1. The van der Waals surface area contributed by atoms with Crippen molar-refractivity contribution in [2.75, 3.05) is 13.7 Å². The van der Waals surface area contributed by atoms with E-state index in [0.29, 0.717) is 23.2 Å².